The van der Waals surface area contributed by atoms with Crippen LogP contribution in [0.15, 0.2) is 30.5 Å². The number of aryl methyl sites for hydroxylation is 4. The van der Waals surface area contributed by atoms with Crippen LogP contribution in [0, 0.1) is 11.7 Å². The molecule has 0 aliphatic rings. The summed E-state index contributed by atoms with van der Waals surface area (Å²) in [6.07, 6.45) is 2.85. The first-order chi connectivity index (χ1) is 9.13. The van der Waals surface area contributed by atoms with Crippen LogP contribution in [0.3, 0.4) is 0 Å². The van der Waals surface area contributed by atoms with Gasteiger partial charge in [-0.25, -0.2) is 0 Å². The predicted octanol–water partition coefficient (Wildman–Crippen LogP) is 2.98. The van der Waals surface area contributed by atoms with E-state index in [0.29, 0.717) is 0 Å². The van der Waals surface area contributed by atoms with Crippen molar-refractivity contribution >= 4 is 23.3 Å². The van der Waals surface area contributed by atoms with Gasteiger partial charge in [-0.2, -0.15) is 5.10 Å². The molecule has 98 valence electrons. The number of benzene rings is 1. The first-order valence-electron chi connectivity index (χ1n) is 6.31. The van der Waals surface area contributed by atoms with E-state index in [1.165, 1.54) is 5.56 Å². The Morgan fingerprint density at radius 2 is 2.16 bits per heavy atom. The Kier molecular flexibility index (Phi) is 2.98. The van der Waals surface area contributed by atoms with Crippen molar-refractivity contribution in [1.29, 1.82) is 0 Å². The number of nitrogens with zero attached hydrogens (tertiary/aromatic N) is 3. The van der Waals surface area contributed by atoms with Gasteiger partial charge < -0.3 is 9.55 Å². The molecule has 5 heteroatoms. The third kappa shape index (κ3) is 2.33. The molecule has 19 heavy (non-hydrogen) atoms. The molecule has 0 bridgehead atoms. The van der Waals surface area contributed by atoms with Crippen LogP contribution in [0.5, 0.6) is 0 Å². The van der Waals surface area contributed by atoms with Crippen molar-refractivity contribution in [3.8, 4) is 0 Å². The van der Waals surface area contributed by atoms with Gasteiger partial charge >= 0.3 is 0 Å². The molecule has 0 radical (unpaired) electrons. The van der Waals surface area contributed by atoms with Crippen molar-refractivity contribution in [1.82, 2.24) is 19.3 Å². The summed E-state index contributed by atoms with van der Waals surface area (Å²) >= 11 is 5.40. The Hall–Kier alpha value is -1.88. The Morgan fingerprint density at radius 1 is 1.32 bits per heavy atom. The summed E-state index contributed by atoms with van der Waals surface area (Å²) in [5.41, 5.74) is 4.59. The number of H-pyrrole nitrogens is 1. The van der Waals surface area contributed by atoms with Crippen LogP contribution in [-0.2, 0) is 20.0 Å². The Morgan fingerprint density at radius 3 is 2.89 bits per heavy atom. The molecule has 0 aliphatic heterocycles. The second-order valence-electron chi connectivity index (χ2n) is 4.83. The monoisotopic (exact) mass is 272 g/mol. The van der Waals surface area contributed by atoms with E-state index in [1.807, 2.05) is 24.0 Å². The average molecular weight is 272 g/mol. The van der Waals surface area contributed by atoms with Gasteiger partial charge in [0.15, 0.2) is 4.77 Å². The van der Waals surface area contributed by atoms with Gasteiger partial charge in [0.2, 0.25) is 0 Å². The lowest BCUT2D eigenvalue weighted by Gasteiger charge is -2.03. The zero-order valence-corrected chi connectivity index (χ0v) is 11.9. The van der Waals surface area contributed by atoms with E-state index in [-0.39, 0.29) is 0 Å². The minimum absolute atomic E-state index is 0.775. The number of hydrogen-bond acceptors (Lipinski definition) is 2. The summed E-state index contributed by atoms with van der Waals surface area (Å²) in [6.45, 7) is 2.93. The van der Waals surface area contributed by atoms with Gasteiger partial charge in [0.25, 0.3) is 0 Å². The minimum Gasteiger partial charge on any atom is -0.331 e. The number of aromatic amines is 1. The molecule has 4 nitrogen and oxygen atoms in total. The largest absolute Gasteiger partial charge is 0.331 e. The third-order valence-corrected chi connectivity index (χ3v) is 3.61. The van der Waals surface area contributed by atoms with Crippen molar-refractivity contribution in [2.45, 2.75) is 19.9 Å². The van der Waals surface area contributed by atoms with Crippen LogP contribution >= 0.6 is 12.2 Å². The third-order valence-electron chi connectivity index (χ3n) is 3.29. The minimum atomic E-state index is 0.775. The maximum Gasteiger partial charge on any atom is 0.178 e. The molecule has 0 saturated carbocycles. The number of aromatic nitrogens is 4. The molecule has 0 fully saturated rings. The van der Waals surface area contributed by atoms with Gasteiger partial charge in [-0.1, -0.05) is 6.07 Å². The van der Waals surface area contributed by atoms with Crippen LogP contribution in [0.4, 0.5) is 0 Å². The van der Waals surface area contributed by atoms with Gasteiger partial charge in [-0.05, 0) is 42.9 Å². The van der Waals surface area contributed by atoms with Crippen molar-refractivity contribution in [3.05, 3.63) is 46.5 Å². The molecular formula is C14H16N4S. The van der Waals surface area contributed by atoms with Gasteiger partial charge in [0, 0.05) is 26.2 Å². The Balaban J connectivity index is 1.92. The molecular weight excluding hydrogens is 256 g/mol. The highest BCUT2D eigenvalue weighted by molar-refractivity contribution is 7.71. The molecule has 1 aromatic carbocycles. The highest BCUT2D eigenvalue weighted by atomic mass is 32.1. The summed E-state index contributed by atoms with van der Waals surface area (Å²) in [5, 5.41) is 4.39. The van der Waals surface area contributed by atoms with E-state index in [1.54, 1.807) is 0 Å². The SMILES string of the molecule is Cc1ccc2c(c1)[nH]c(=S)n2CCc1ccn(C)n1. The quantitative estimate of drug-likeness (QED) is 0.744. The fourth-order valence-corrected chi connectivity index (χ4v) is 2.62. The second-order valence-corrected chi connectivity index (χ2v) is 5.22. The van der Waals surface area contributed by atoms with Crippen LogP contribution in [-0.4, -0.2) is 19.3 Å². The molecule has 1 N–H and O–H groups in total. The topological polar surface area (TPSA) is 38.5 Å². The van der Waals surface area contributed by atoms with Crippen molar-refractivity contribution in [2.24, 2.45) is 7.05 Å². The smallest absolute Gasteiger partial charge is 0.178 e. The highest BCUT2D eigenvalue weighted by Gasteiger charge is 2.05. The molecule has 0 saturated heterocycles. The second kappa shape index (κ2) is 4.66. The lowest BCUT2D eigenvalue weighted by Crippen LogP contribution is -2.02. The fourth-order valence-electron chi connectivity index (χ4n) is 2.32. The molecule has 0 atom stereocenters. The summed E-state index contributed by atoms with van der Waals surface area (Å²) in [4.78, 5) is 3.26. The maximum atomic E-state index is 5.40. The molecule has 0 amide bonds. The van der Waals surface area contributed by atoms with Crippen molar-refractivity contribution in [2.75, 3.05) is 0 Å². The summed E-state index contributed by atoms with van der Waals surface area (Å²) in [5.74, 6) is 0. The Labute approximate surface area is 116 Å². The maximum absolute atomic E-state index is 5.40. The van der Waals surface area contributed by atoms with Gasteiger partial charge in [-0.3, -0.25) is 4.68 Å². The normalized spacial score (nSPS) is 11.3. The van der Waals surface area contributed by atoms with Crippen LogP contribution in [0.1, 0.15) is 11.3 Å². The number of nitrogens with one attached hydrogen (secondary N) is 1. The van der Waals surface area contributed by atoms with Crippen LogP contribution < -0.4 is 0 Å². The van der Waals surface area contributed by atoms with Gasteiger partial charge in [-0.15, -0.1) is 0 Å². The van der Waals surface area contributed by atoms with Crippen molar-refractivity contribution < 1.29 is 0 Å². The summed E-state index contributed by atoms with van der Waals surface area (Å²) < 4.78 is 4.74. The molecule has 2 heterocycles. The molecule has 3 rings (SSSR count). The summed E-state index contributed by atoms with van der Waals surface area (Å²) in [7, 11) is 1.93. The Bertz CT molecular complexity index is 778. The number of rotatable bonds is 3. The molecule has 0 aliphatic carbocycles. The highest BCUT2D eigenvalue weighted by Crippen LogP contribution is 2.16. The molecule has 0 spiro atoms. The zero-order valence-electron chi connectivity index (χ0n) is 11.1. The lowest BCUT2D eigenvalue weighted by molar-refractivity contribution is 0.671. The summed E-state index contributed by atoms with van der Waals surface area (Å²) in [6, 6.07) is 8.41. The molecule has 0 unspecified atom stereocenters. The van der Waals surface area contributed by atoms with E-state index < -0.39 is 0 Å². The van der Waals surface area contributed by atoms with E-state index in [4.69, 9.17) is 12.2 Å². The van der Waals surface area contributed by atoms with E-state index >= 15 is 0 Å². The first kappa shape index (κ1) is 12.2. The average Bonchev–Trinajstić information content (AvgIpc) is 2.89. The molecule has 3 aromatic rings. The van der Waals surface area contributed by atoms with Crippen LogP contribution in [0.25, 0.3) is 11.0 Å². The van der Waals surface area contributed by atoms with E-state index in [9.17, 15) is 0 Å². The number of fused-ring (bicyclic) bond motifs is 1. The van der Waals surface area contributed by atoms with E-state index in [2.05, 4.69) is 39.8 Å². The predicted molar refractivity (Wildman–Crippen MR) is 78.8 cm³/mol. The number of hydrogen-bond donors (Lipinski definition) is 1. The lowest BCUT2D eigenvalue weighted by atomic mass is 10.2. The zero-order chi connectivity index (χ0) is 13.4. The molecule has 2 aromatic heterocycles. The van der Waals surface area contributed by atoms with Crippen LogP contribution in [0.2, 0.25) is 0 Å². The standard InChI is InChI=1S/C14H16N4S/c1-10-3-4-13-12(9-10)15-14(19)18(13)8-6-11-5-7-17(2)16-11/h3-5,7,9H,6,8H2,1-2H3,(H,15,19). The fraction of sp³-hybridized carbons (Fsp3) is 0.286. The van der Waals surface area contributed by atoms with E-state index in [0.717, 1.165) is 34.5 Å². The first-order valence-corrected chi connectivity index (χ1v) is 6.72. The van der Waals surface area contributed by atoms with Gasteiger partial charge in [0.1, 0.15) is 0 Å². The van der Waals surface area contributed by atoms with Crippen molar-refractivity contribution in [3.63, 3.8) is 0 Å². The van der Waals surface area contributed by atoms with Gasteiger partial charge in [0.05, 0.1) is 16.7 Å². The number of imidazole rings is 1.